The van der Waals surface area contributed by atoms with Gasteiger partial charge in [0, 0.05) is 50.0 Å². The van der Waals surface area contributed by atoms with E-state index in [1.165, 1.54) is 13.0 Å². The average molecular weight is 269 g/mol. The molecule has 19 heavy (non-hydrogen) atoms. The molecular formula is C13H17F2N3O. The van der Waals surface area contributed by atoms with Crippen molar-refractivity contribution in [3.8, 4) is 0 Å². The second-order valence-corrected chi connectivity index (χ2v) is 4.61. The number of nitrogen functional groups attached to an aromatic ring is 1. The van der Waals surface area contributed by atoms with Crippen LogP contribution in [0.2, 0.25) is 0 Å². The number of amides is 1. The number of alkyl halides is 2. The summed E-state index contributed by atoms with van der Waals surface area (Å²) in [6.07, 6.45) is -2.55. The molecule has 104 valence electrons. The van der Waals surface area contributed by atoms with Gasteiger partial charge in [-0.3, -0.25) is 4.79 Å². The molecule has 2 N–H and O–H groups in total. The van der Waals surface area contributed by atoms with Gasteiger partial charge in [-0.25, -0.2) is 8.78 Å². The van der Waals surface area contributed by atoms with Gasteiger partial charge in [-0.1, -0.05) is 0 Å². The van der Waals surface area contributed by atoms with Crippen LogP contribution >= 0.6 is 0 Å². The molecule has 1 heterocycles. The minimum Gasteiger partial charge on any atom is -0.399 e. The molecule has 0 bridgehead atoms. The normalized spacial score (nSPS) is 16.0. The van der Waals surface area contributed by atoms with Crippen LogP contribution in [0.4, 0.5) is 20.2 Å². The Balaban J connectivity index is 2.17. The number of hydrogen-bond donors (Lipinski definition) is 1. The van der Waals surface area contributed by atoms with E-state index in [0.29, 0.717) is 37.6 Å². The van der Waals surface area contributed by atoms with Crippen LogP contribution in [-0.2, 0) is 4.79 Å². The molecule has 6 heteroatoms. The average Bonchev–Trinajstić information content (AvgIpc) is 2.38. The quantitative estimate of drug-likeness (QED) is 0.834. The zero-order valence-electron chi connectivity index (χ0n) is 10.8. The third-order valence-electron chi connectivity index (χ3n) is 3.35. The summed E-state index contributed by atoms with van der Waals surface area (Å²) in [5, 5.41) is 0. The molecule has 2 rings (SSSR count). The lowest BCUT2D eigenvalue weighted by atomic mass is 10.1. The minimum absolute atomic E-state index is 0.0195. The summed E-state index contributed by atoms with van der Waals surface area (Å²) in [6, 6.07) is 4.57. The summed E-state index contributed by atoms with van der Waals surface area (Å²) < 4.78 is 26.0. The Labute approximate surface area is 110 Å². The van der Waals surface area contributed by atoms with E-state index in [1.807, 2.05) is 4.90 Å². The molecule has 0 radical (unpaired) electrons. The number of benzene rings is 1. The second-order valence-electron chi connectivity index (χ2n) is 4.61. The number of piperazine rings is 1. The van der Waals surface area contributed by atoms with Crippen molar-refractivity contribution in [2.75, 3.05) is 36.8 Å². The summed E-state index contributed by atoms with van der Waals surface area (Å²) >= 11 is 0. The predicted molar refractivity (Wildman–Crippen MR) is 70.3 cm³/mol. The Kier molecular flexibility index (Phi) is 3.87. The number of hydrogen-bond acceptors (Lipinski definition) is 3. The Morgan fingerprint density at radius 1 is 1.26 bits per heavy atom. The van der Waals surface area contributed by atoms with Crippen LogP contribution < -0.4 is 10.6 Å². The van der Waals surface area contributed by atoms with Gasteiger partial charge in [0.1, 0.15) is 0 Å². The van der Waals surface area contributed by atoms with Crippen molar-refractivity contribution in [2.24, 2.45) is 0 Å². The molecular weight excluding hydrogens is 252 g/mol. The molecule has 1 aliphatic rings. The molecule has 0 aromatic heterocycles. The smallest absolute Gasteiger partial charge is 0.265 e. The second kappa shape index (κ2) is 5.42. The van der Waals surface area contributed by atoms with Crippen LogP contribution in [-0.4, -0.2) is 37.0 Å². The lowest BCUT2D eigenvalue weighted by Crippen LogP contribution is -2.48. The number of nitrogens with two attached hydrogens (primary N) is 1. The highest BCUT2D eigenvalue weighted by Crippen LogP contribution is 2.32. The van der Waals surface area contributed by atoms with Gasteiger partial charge < -0.3 is 15.5 Å². The van der Waals surface area contributed by atoms with Crippen molar-refractivity contribution in [2.45, 2.75) is 13.3 Å². The number of halogens is 2. The Morgan fingerprint density at radius 2 is 1.89 bits per heavy atom. The first-order valence-corrected chi connectivity index (χ1v) is 6.17. The first-order valence-electron chi connectivity index (χ1n) is 6.17. The SMILES string of the molecule is CC(=O)N1CCN(c2ccc(N)cc2C(F)F)CC1. The topological polar surface area (TPSA) is 49.6 Å². The zero-order chi connectivity index (χ0) is 14.0. The summed E-state index contributed by atoms with van der Waals surface area (Å²) in [6.45, 7) is 3.75. The molecule has 0 saturated carbocycles. The van der Waals surface area contributed by atoms with Gasteiger partial charge in [-0.2, -0.15) is 0 Å². The summed E-state index contributed by atoms with van der Waals surface area (Å²) in [5.74, 6) is 0.0195. The fourth-order valence-electron chi connectivity index (χ4n) is 2.30. The lowest BCUT2D eigenvalue weighted by Gasteiger charge is -2.36. The van der Waals surface area contributed by atoms with Gasteiger partial charge in [-0.05, 0) is 18.2 Å². The monoisotopic (exact) mass is 269 g/mol. The van der Waals surface area contributed by atoms with E-state index in [-0.39, 0.29) is 11.5 Å². The van der Waals surface area contributed by atoms with E-state index < -0.39 is 6.43 Å². The van der Waals surface area contributed by atoms with Crippen molar-refractivity contribution in [1.29, 1.82) is 0 Å². The molecule has 1 saturated heterocycles. The summed E-state index contributed by atoms with van der Waals surface area (Å²) in [5.41, 5.74) is 6.35. The van der Waals surface area contributed by atoms with Crippen LogP contribution in [0.15, 0.2) is 18.2 Å². The van der Waals surface area contributed by atoms with E-state index in [4.69, 9.17) is 5.73 Å². The maximum atomic E-state index is 13.0. The lowest BCUT2D eigenvalue weighted by molar-refractivity contribution is -0.129. The number of anilines is 2. The minimum atomic E-state index is -2.55. The largest absolute Gasteiger partial charge is 0.399 e. The van der Waals surface area contributed by atoms with Gasteiger partial charge >= 0.3 is 0 Å². The van der Waals surface area contributed by atoms with E-state index in [1.54, 1.807) is 17.0 Å². The molecule has 0 spiro atoms. The number of carbonyl (C=O) groups excluding carboxylic acids is 1. The first-order chi connectivity index (χ1) is 8.99. The molecule has 1 fully saturated rings. The van der Waals surface area contributed by atoms with Crippen molar-refractivity contribution in [3.63, 3.8) is 0 Å². The highest BCUT2D eigenvalue weighted by Gasteiger charge is 2.23. The first kappa shape index (κ1) is 13.6. The van der Waals surface area contributed by atoms with Crippen LogP contribution in [0.3, 0.4) is 0 Å². The van der Waals surface area contributed by atoms with E-state index >= 15 is 0 Å². The van der Waals surface area contributed by atoms with E-state index in [0.717, 1.165) is 0 Å². The van der Waals surface area contributed by atoms with Gasteiger partial charge in [0.05, 0.1) is 0 Å². The van der Waals surface area contributed by atoms with E-state index in [2.05, 4.69) is 0 Å². The van der Waals surface area contributed by atoms with Gasteiger partial charge in [0.15, 0.2) is 0 Å². The number of rotatable bonds is 2. The van der Waals surface area contributed by atoms with Gasteiger partial charge in [0.25, 0.3) is 6.43 Å². The van der Waals surface area contributed by atoms with Gasteiger partial charge in [-0.15, -0.1) is 0 Å². The van der Waals surface area contributed by atoms with Crippen LogP contribution in [0.1, 0.15) is 18.9 Å². The summed E-state index contributed by atoms with van der Waals surface area (Å²) in [4.78, 5) is 14.8. The van der Waals surface area contributed by atoms with Crippen LogP contribution in [0.5, 0.6) is 0 Å². The van der Waals surface area contributed by atoms with Crippen molar-refractivity contribution >= 4 is 17.3 Å². The van der Waals surface area contributed by atoms with Gasteiger partial charge in [0.2, 0.25) is 5.91 Å². The Morgan fingerprint density at radius 3 is 2.42 bits per heavy atom. The standard InChI is InChI=1S/C13H17F2N3O/c1-9(19)17-4-6-18(7-5-17)12-3-2-10(16)8-11(12)13(14)15/h2-3,8,13H,4-7,16H2,1H3. The van der Waals surface area contributed by atoms with Crippen molar-refractivity contribution < 1.29 is 13.6 Å². The molecule has 1 aromatic carbocycles. The van der Waals surface area contributed by atoms with Crippen LogP contribution in [0, 0.1) is 0 Å². The molecule has 1 amide bonds. The number of carbonyl (C=O) groups is 1. The molecule has 1 aliphatic heterocycles. The summed E-state index contributed by atoms with van der Waals surface area (Å²) in [7, 11) is 0. The predicted octanol–water partition coefficient (Wildman–Crippen LogP) is 1.87. The molecule has 0 unspecified atom stereocenters. The third-order valence-corrected chi connectivity index (χ3v) is 3.35. The maximum Gasteiger partial charge on any atom is 0.265 e. The molecule has 0 atom stereocenters. The van der Waals surface area contributed by atoms with Crippen LogP contribution in [0.25, 0.3) is 0 Å². The van der Waals surface area contributed by atoms with Crippen molar-refractivity contribution in [1.82, 2.24) is 4.90 Å². The van der Waals surface area contributed by atoms with Crippen molar-refractivity contribution in [3.05, 3.63) is 23.8 Å². The Hall–Kier alpha value is -1.85. The fourth-order valence-corrected chi connectivity index (χ4v) is 2.30. The highest BCUT2D eigenvalue weighted by atomic mass is 19.3. The third kappa shape index (κ3) is 2.94. The fraction of sp³-hybridized carbons (Fsp3) is 0.462. The number of nitrogens with zero attached hydrogens (tertiary/aromatic N) is 2. The molecule has 1 aromatic rings. The maximum absolute atomic E-state index is 13.0. The molecule has 4 nitrogen and oxygen atoms in total. The Bertz CT molecular complexity index is 471. The molecule has 0 aliphatic carbocycles. The zero-order valence-corrected chi connectivity index (χ0v) is 10.8. The van der Waals surface area contributed by atoms with E-state index in [9.17, 15) is 13.6 Å². The highest BCUT2D eigenvalue weighted by molar-refractivity contribution is 5.73.